The number of morpholine rings is 1. The van der Waals surface area contributed by atoms with Crippen LogP contribution in [0.1, 0.15) is 37.1 Å². The standard InChI is InChI=1S/C25H25Cl2N3O2S/c1-15(2)21-23(24(31)29-11-13-32-14-12-29)33-25-28-20(16-3-7-18(26)8-4-16)22(30(21)25)17-5-9-19(27)10-6-17/h3-10,15,20,22H,11-14H2,1-2H3/t20-,22+/m0/s1. The van der Waals surface area contributed by atoms with Crippen LogP contribution in [-0.2, 0) is 9.53 Å². The Morgan fingerprint density at radius 3 is 2.15 bits per heavy atom. The van der Waals surface area contributed by atoms with Crippen LogP contribution in [0.2, 0.25) is 10.0 Å². The minimum atomic E-state index is -0.111. The predicted molar refractivity (Wildman–Crippen MR) is 135 cm³/mol. The molecule has 2 aromatic carbocycles. The zero-order valence-corrected chi connectivity index (χ0v) is 20.8. The van der Waals surface area contributed by atoms with Crippen molar-refractivity contribution in [1.29, 1.82) is 0 Å². The number of fused-ring (bicyclic) bond motifs is 1. The van der Waals surface area contributed by atoms with Crippen molar-refractivity contribution in [3.63, 3.8) is 0 Å². The zero-order chi connectivity index (χ0) is 23.1. The number of halogens is 2. The Morgan fingerprint density at radius 2 is 1.58 bits per heavy atom. The van der Waals surface area contributed by atoms with E-state index in [1.807, 2.05) is 41.3 Å². The summed E-state index contributed by atoms with van der Waals surface area (Å²) in [6.07, 6.45) is 0. The average Bonchev–Trinajstić information content (AvgIpc) is 3.36. The molecule has 3 aliphatic rings. The highest BCUT2D eigenvalue weighted by Crippen LogP contribution is 2.53. The van der Waals surface area contributed by atoms with Gasteiger partial charge in [0, 0.05) is 28.8 Å². The molecule has 3 aliphatic heterocycles. The molecule has 0 saturated carbocycles. The number of amides is 1. The summed E-state index contributed by atoms with van der Waals surface area (Å²) in [6.45, 7) is 6.68. The molecule has 0 N–H and O–H groups in total. The number of ether oxygens (including phenoxy) is 1. The summed E-state index contributed by atoms with van der Waals surface area (Å²) in [4.78, 5) is 23.6. The molecule has 0 unspecified atom stereocenters. The van der Waals surface area contributed by atoms with Gasteiger partial charge in [-0.1, -0.05) is 61.3 Å². The van der Waals surface area contributed by atoms with Gasteiger partial charge in [0.25, 0.3) is 5.91 Å². The van der Waals surface area contributed by atoms with Gasteiger partial charge in [-0.3, -0.25) is 9.79 Å². The third-order valence-corrected chi connectivity index (χ3v) is 7.76. The van der Waals surface area contributed by atoms with Gasteiger partial charge in [-0.25, -0.2) is 0 Å². The Morgan fingerprint density at radius 1 is 1.00 bits per heavy atom. The van der Waals surface area contributed by atoms with E-state index in [-0.39, 0.29) is 23.9 Å². The molecule has 1 fully saturated rings. The van der Waals surface area contributed by atoms with Crippen molar-refractivity contribution in [2.45, 2.75) is 25.9 Å². The first-order chi connectivity index (χ1) is 15.9. The second kappa shape index (κ2) is 9.34. The van der Waals surface area contributed by atoms with E-state index in [1.165, 1.54) is 11.8 Å². The summed E-state index contributed by atoms with van der Waals surface area (Å²) in [5.41, 5.74) is 3.23. The molecule has 0 spiro atoms. The van der Waals surface area contributed by atoms with Crippen molar-refractivity contribution >= 4 is 46.0 Å². The highest BCUT2D eigenvalue weighted by molar-refractivity contribution is 8.18. The van der Waals surface area contributed by atoms with Crippen LogP contribution in [0.5, 0.6) is 0 Å². The van der Waals surface area contributed by atoms with E-state index in [2.05, 4.69) is 30.9 Å². The molecule has 8 heteroatoms. The van der Waals surface area contributed by atoms with Crippen LogP contribution in [0.3, 0.4) is 0 Å². The number of carbonyl (C=O) groups is 1. The first-order valence-electron chi connectivity index (χ1n) is 11.1. The number of hydrogen-bond donors (Lipinski definition) is 0. The number of nitrogens with zero attached hydrogens (tertiary/aromatic N) is 3. The summed E-state index contributed by atoms with van der Waals surface area (Å²) in [7, 11) is 0. The number of hydrogen-bond acceptors (Lipinski definition) is 5. The maximum Gasteiger partial charge on any atom is 0.262 e. The Kier molecular flexibility index (Phi) is 6.45. The highest BCUT2D eigenvalue weighted by Gasteiger charge is 2.47. The topological polar surface area (TPSA) is 45.1 Å². The van der Waals surface area contributed by atoms with Gasteiger partial charge >= 0.3 is 0 Å². The number of aliphatic imine (C=N–C) groups is 1. The van der Waals surface area contributed by atoms with E-state index in [1.54, 1.807) is 0 Å². The Balaban J connectivity index is 1.58. The van der Waals surface area contributed by atoms with Crippen LogP contribution in [0.25, 0.3) is 0 Å². The van der Waals surface area contributed by atoms with Crippen molar-refractivity contribution in [3.8, 4) is 0 Å². The fourth-order valence-electron chi connectivity index (χ4n) is 4.61. The summed E-state index contributed by atoms with van der Waals surface area (Å²) in [6, 6.07) is 15.6. The normalized spacial score (nSPS) is 22.8. The van der Waals surface area contributed by atoms with Gasteiger partial charge in [0.05, 0.1) is 19.3 Å². The summed E-state index contributed by atoms with van der Waals surface area (Å²) >= 11 is 13.8. The second-order valence-electron chi connectivity index (χ2n) is 8.65. The van der Waals surface area contributed by atoms with E-state index in [4.69, 9.17) is 32.9 Å². The largest absolute Gasteiger partial charge is 0.378 e. The Hall–Kier alpha value is -1.99. The van der Waals surface area contributed by atoms with Gasteiger partial charge in [0.1, 0.15) is 10.9 Å². The van der Waals surface area contributed by atoms with Crippen molar-refractivity contribution in [1.82, 2.24) is 9.80 Å². The number of benzene rings is 2. The quantitative estimate of drug-likeness (QED) is 0.521. The van der Waals surface area contributed by atoms with Crippen LogP contribution in [0.15, 0.2) is 64.1 Å². The van der Waals surface area contributed by atoms with Crippen LogP contribution in [0, 0.1) is 5.92 Å². The Bertz CT molecular complexity index is 1110. The van der Waals surface area contributed by atoms with Gasteiger partial charge in [-0.15, -0.1) is 0 Å². The molecule has 0 radical (unpaired) electrons. The Labute approximate surface area is 208 Å². The first-order valence-corrected chi connectivity index (χ1v) is 12.7. The van der Waals surface area contributed by atoms with Gasteiger partial charge in [-0.05, 0) is 53.1 Å². The third kappa shape index (κ3) is 4.30. The fraction of sp³-hybridized carbons (Fsp3) is 0.360. The number of allylic oxidation sites excluding steroid dienone is 1. The fourth-order valence-corrected chi connectivity index (χ4v) is 6.17. The molecule has 172 valence electrons. The monoisotopic (exact) mass is 501 g/mol. The SMILES string of the molecule is CC(C)C1=C(C(=O)N2CCOCC2)SC2=N[C@@H](c3ccc(Cl)cc3)[C@@H](c3ccc(Cl)cc3)N21. The number of thioether (sulfide) groups is 1. The molecule has 0 aliphatic carbocycles. The van der Waals surface area contributed by atoms with Crippen molar-refractivity contribution in [3.05, 3.63) is 80.3 Å². The maximum absolute atomic E-state index is 13.5. The number of carbonyl (C=O) groups excluding carboxylic acids is 1. The molecule has 5 rings (SSSR count). The van der Waals surface area contributed by atoms with Crippen molar-refractivity contribution < 1.29 is 9.53 Å². The lowest BCUT2D eigenvalue weighted by Crippen LogP contribution is -2.41. The minimum absolute atomic E-state index is 0.0710. The molecule has 1 amide bonds. The van der Waals surface area contributed by atoms with Crippen LogP contribution in [0.4, 0.5) is 0 Å². The van der Waals surface area contributed by atoms with E-state index in [0.29, 0.717) is 36.3 Å². The van der Waals surface area contributed by atoms with Gasteiger partial charge < -0.3 is 14.5 Å². The molecule has 3 heterocycles. The molecule has 5 nitrogen and oxygen atoms in total. The van der Waals surface area contributed by atoms with E-state index < -0.39 is 0 Å². The molecular formula is C25H25Cl2N3O2S. The molecule has 0 aromatic heterocycles. The lowest BCUT2D eigenvalue weighted by molar-refractivity contribution is -0.130. The molecule has 2 aromatic rings. The van der Waals surface area contributed by atoms with E-state index >= 15 is 0 Å². The van der Waals surface area contributed by atoms with Gasteiger partial charge in [0.15, 0.2) is 5.17 Å². The lowest BCUT2D eigenvalue weighted by atomic mass is 9.92. The average molecular weight is 502 g/mol. The first kappa shape index (κ1) is 22.8. The van der Waals surface area contributed by atoms with Crippen molar-refractivity contribution in [2.24, 2.45) is 10.9 Å². The molecular weight excluding hydrogens is 477 g/mol. The summed E-state index contributed by atoms with van der Waals surface area (Å²) in [5.74, 6) is 0.228. The smallest absolute Gasteiger partial charge is 0.262 e. The predicted octanol–water partition coefficient (Wildman–Crippen LogP) is 5.92. The minimum Gasteiger partial charge on any atom is -0.378 e. The molecule has 0 bridgehead atoms. The summed E-state index contributed by atoms with van der Waals surface area (Å²) < 4.78 is 5.45. The molecule has 1 saturated heterocycles. The van der Waals surface area contributed by atoms with Crippen molar-refractivity contribution in [2.75, 3.05) is 26.3 Å². The van der Waals surface area contributed by atoms with E-state index in [0.717, 1.165) is 26.9 Å². The molecule has 33 heavy (non-hydrogen) atoms. The third-order valence-electron chi connectivity index (χ3n) is 6.18. The van der Waals surface area contributed by atoms with Crippen LogP contribution >= 0.6 is 35.0 Å². The van der Waals surface area contributed by atoms with Gasteiger partial charge in [-0.2, -0.15) is 0 Å². The zero-order valence-electron chi connectivity index (χ0n) is 18.5. The highest BCUT2D eigenvalue weighted by atomic mass is 35.5. The number of rotatable bonds is 4. The number of amidine groups is 1. The van der Waals surface area contributed by atoms with E-state index in [9.17, 15) is 4.79 Å². The van der Waals surface area contributed by atoms with Gasteiger partial charge in [0.2, 0.25) is 0 Å². The lowest BCUT2D eigenvalue weighted by Gasteiger charge is -2.32. The summed E-state index contributed by atoms with van der Waals surface area (Å²) in [5, 5.41) is 2.26. The second-order valence-corrected chi connectivity index (χ2v) is 10.5. The van der Waals surface area contributed by atoms with Crippen LogP contribution in [-0.4, -0.2) is 47.2 Å². The maximum atomic E-state index is 13.5. The molecule has 2 atom stereocenters. The van der Waals surface area contributed by atoms with Crippen LogP contribution < -0.4 is 0 Å².